The topological polar surface area (TPSA) is 66.4 Å². The van der Waals surface area contributed by atoms with E-state index in [1.807, 2.05) is 17.5 Å². The molecule has 2 aromatic rings. The van der Waals surface area contributed by atoms with Crippen LogP contribution in [0.3, 0.4) is 0 Å². The number of thiophene rings is 1. The number of benzene rings is 1. The number of allylic oxidation sites excluding steroid dienone is 1. The summed E-state index contributed by atoms with van der Waals surface area (Å²) in [7, 11) is 0. The van der Waals surface area contributed by atoms with E-state index in [2.05, 4.69) is 0 Å². The quantitative estimate of drug-likeness (QED) is 0.600. The Morgan fingerprint density at radius 3 is 2.80 bits per heavy atom. The molecule has 1 aromatic heterocycles. The summed E-state index contributed by atoms with van der Waals surface area (Å²) in [5, 5.41) is 12.2. The molecule has 0 bridgehead atoms. The van der Waals surface area contributed by atoms with Crippen LogP contribution in [0.2, 0.25) is 0 Å². The smallest absolute Gasteiger partial charge is 0.186 e. The van der Waals surface area contributed by atoms with Gasteiger partial charge in [-0.2, -0.15) is 0 Å². The number of rotatable bonds is 6. The van der Waals surface area contributed by atoms with Crippen molar-refractivity contribution < 1.29 is 19.4 Å². The average Bonchev–Trinajstić information content (AvgIpc) is 2.96. The molecule has 1 aromatic carbocycles. The van der Waals surface area contributed by atoms with Crippen molar-refractivity contribution in [2.45, 2.75) is 0 Å². The van der Waals surface area contributed by atoms with Gasteiger partial charge in [0.1, 0.15) is 12.4 Å². The van der Waals surface area contributed by atoms with Gasteiger partial charge in [0, 0.05) is 10.4 Å². The monoisotopic (exact) mass is 287 g/mol. The number of carbonyl (C=O) groups excluding carboxylic acids is 2. The predicted octanol–water partition coefficient (Wildman–Crippen LogP) is 1.77. The van der Waals surface area contributed by atoms with Crippen LogP contribution in [0.25, 0.3) is 6.08 Å². The lowest BCUT2D eigenvalue weighted by Crippen LogP contribution is -2.28. The Morgan fingerprint density at radius 1 is 1.25 bits per heavy atom. The third kappa shape index (κ3) is 4.07. The number of carboxylic acids is 1. The van der Waals surface area contributed by atoms with Gasteiger partial charge in [-0.1, -0.05) is 18.2 Å². The van der Waals surface area contributed by atoms with Crippen molar-refractivity contribution in [1.82, 2.24) is 0 Å². The van der Waals surface area contributed by atoms with Crippen molar-refractivity contribution in [3.63, 3.8) is 0 Å². The lowest BCUT2D eigenvalue weighted by atomic mass is 10.1. The van der Waals surface area contributed by atoms with Crippen molar-refractivity contribution >= 4 is 29.2 Å². The number of carboxylic acid groups (broad SMARTS) is 1. The van der Waals surface area contributed by atoms with Gasteiger partial charge in [-0.05, 0) is 35.7 Å². The van der Waals surface area contributed by atoms with Gasteiger partial charge in [-0.3, -0.25) is 4.79 Å². The summed E-state index contributed by atoms with van der Waals surface area (Å²) in [5.41, 5.74) is 0.439. The number of aliphatic carboxylic acids is 1. The molecule has 0 aliphatic rings. The fourth-order valence-electron chi connectivity index (χ4n) is 1.52. The third-order valence-electron chi connectivity index (χ3n) is 2.42. The predicted molar refractivity (Wildman–Crippen MR) is 74.6 cm³/mol. The van der Waals surface area contributed by atoms with Crippen molar-refractivity contribution in [3.8, 4) is 5.75 Å². The zero-order valence-corrected chi connectivity index (χ0v) is 11.3. The minimum absolute atomic E-state index is 0.169. The highest BCUT2D eigenvalue weighted by Crippen LogP contribution is 2.15. The molecule has 0 unspecified atom stereocenters. The number of hydrogen-bond acceptors (Lipinski definition) is 5. The molecule has 102 valence electrons. The Hall–Kier alpha value is -2.40. The van der Waals surface area contributed by atoms with Crippen molar-refractivity contribution in [1.29, 1.82) is 0 Å². The van der Waals surface area contributed by atoms with E-state index in [0.717, 1.165) is 4.88 Å². The molecule has 0 saturated heterocycles. The molecule has 0 amide bonds. The zero-order valence-electron chi connectivity index (χ0n) is 10.4. The fraction of sp³-hybridized carbons (Fsp3) is 0.0667. The Morgan fingerprint density at radius 2 is 2.10 bits per heavy atom. The van der Waals surface area contributed by atoms with Crippen LogP contribution >= 0.6 is 11.3 Å². The van der Waals surface area contributed by atoms with Gasteiger partial charge in [-0.15, -0.1) is 11.3 Å². The second-order valence-corrected chi connectivity index (χ2v) is 4.88. The minimum Gasteiger partial charge on any atom is -0.546 e. The van der Waals surface area contributed by atoms with E-state index >= 15 is 0 Å². The molecule has 0 N–H and O–H groups in total. The summed E-state index contributed by atoms with van der Waals surface area (Å²) >= 11 is 1.54. The maximum atomic E-state index is 12.0. The molecule has 0 saturated carbocycles. The summed E-state index contributed by atoms with van der Waals surface area (Å²) in [6.45, 7) is -0.539. The van der Waals surface area contributed by atoms with E-state index in [0.29, 0.717) is 11.3 Å². The van der Waals surface area contributed by atoms with Gasteiger partial charge in [0.15, 0.2) is 5.78 Å². The molecule has 20 heavy (non-hydrogen) atoms. The first kappa shape index (κ1) is 14.0. The number of ketones is 1. The SMILES string of the molecule is O=C([O-])COc1cccc(C(=O)/C=C/c2cccs2)c1. The lowest BCUT2D eigenvalue weighted by molar-refractivity contribution is -0.307. The maximum absolute atomic E-state index is 12.0. The molecule has 0 atom stereocenters. The molecule has 0 aliphatic carbocycles. The van der Waals surface area contributed by atoms with Crippen molar-refractivity contribution in [2.75, 3.05) is 6.61 Å². The van der Waals surface area contributed by atoms with E-state index in [1.54, 1.807) is 24.3 Å². The molecule has 1 heterocycles. The zero-order chi connectivity index (χ0) is 14.4. The highest BCUT2D eigenvalue weighted by atomic mass is 32.1. The average molecular weight is 287 g/mol. The third-order valence-corrected chi connectivity index (χ3v) is 3.25. The molecular weight excluding hydrogens is 276 g/mol. The standard InChI is InChI=1S/C15H12O4S/c16-14(7-6-13-5-2-8-20-13)11-3-1-4-12(9-11)19-10-15(17)18/h1-9H,10H2,(H,17,18)/p-1/b7-6+. The summed E-state index contributed by atoms with van der Waals surface area (Å²) in [5.74, 6) is -1.15. The van der Waals surface area contributed by atoms with Crippen LogP contribution in [0.15, 0.2) is 47.9 Å². The highest BCUT2D eigenvalue weighted by Gasteiger charge is 2.03. The first-order chi connectivity index (χ1) is 9.65. The Balaban J connectivity index is 2.06. The van der Waals surface area contributed by atoms with Crippen LogP contribution in [-0.4, -0.2) is 18.4 Å². The van der Waals surface area contributed by atoms with Gasteiger partial charge in [0.05, 0.1) is 5.97 Å². The molecular formula is C15H11O4S-. The summed E-state index contributed by atoms with van der Waals surface area (Å²) in [4.78, 5) is 23.3. The molecule has 0 aliphatic heterocycles. The molecule has 0 radical (unpaired) electrons. The number of hydrogen-bond donors (Lipinski definition) is 0. The van der Waals surface area contributed by atoms with E-state index < -0.39 is 12.6 Å². The van der Waals surface area contributed by atoms with Crippen molar-refractivity contribution in [2.24, 2.45) is 0 Å². The van der Waals surface area contributed by atoms with Gasteiger partial charge >= 0.3 is 0 Å². The van der Waals surface area contributed by atoms with E-state index in [4.69, 9.17) is 4.74 Å². The molecule has 4 nitrogen and oxygen atoms in total. The van der Waals surface area contributed by atoms with Gasteiger partial charge in [0.25, 0.3) is 0 Å². The van der Waals surface area contributed by atoms with Gasteiger partial charge < -0.3 is 14.6 Å². The maximum Gasteiger partial charge on any atom is 0.186 e. The Labute approximate surface area is 119 Å². The van der Waals surface area contributed by atoms with Crippen molar-refractivity contribution in [3.05, 3.63) is 58.3 Å². The summed E-state index contributed by atoms with van der Waals surface area (Å²) in [6.07, 6.45) is 3.21. The normalized spacial score (nSPS) is 10.6. The van der Waals surface area contributed by atoms with Crippen LogP contribution in [-0.2, 0) is 4.79 Å². The largest absolute Gasteiger partial charge is 0.546 e. The molecule has 0 spiro atoms. The first-order valence-electron chi connectivity index (χ1n) is 5.84. The second kappa shape index (κ2) is 6.68. The summed E-state index contributed by atoms with van der Waals surface area (Å²) in [6, 6.07) is 10.2. The Kier molecular flexibility index (Phi) is 4.68. The minimum atomic E-state index is -1.31. The van der Waals surface area contributed by atoms with Crippen LogP contribution in [0.5, 0.6) is 5.75 Å². The van der Waals surface area contributed by atoms with Crippen LogP contribution in [0, 0.1) is 0 Å². The molecule has 5 heteroatoms. The van der Waals surface area contributed by atoms with E-state index in [1.165, 1.54) is 23.5 Å². The van der Waals surface area contributed by atoms with Gasteiger partial charge in [-0.25, -0.2) is 0 Å². The van der Waals surface area contributed by atoms with Gasteiger partial charge in [0.2, 0.25) is 0 Å². The number of carbonyl (C=O) groups is 2. The molecule has 0 fully saturated rings. The number of ether oxygens (including phenoxy) is 1. The van der Waals surface area contributed by atoms with Crippen LogP contribution < -0.4 is 9.84 Å². The van der Waals surface area contributed by atoms with Crippen LogP contribution in [0.4, 0.5) is 0 Å². The lowest BCUT2D eigenvalue weighted by Gasteiger charge is -2.07. The first-order valence-corrected chi connectivity index (χ1v) is 6.72. The van der Waals surface area contributed by atoms with E-state index in [9.17, 15) is 14.7 Å². The molecule has 2 rings (SSSR count). The second-order valence-electron chi connectivity index (χ2n) is 3.90. The fourth-order valence-corrected chi connectivity index (χ4v) is 2.14. The Bertz CT molecular complexity index is 629. The van der Waals surface area contributed by atoms with E-state index in [-0.39, 0.29) is 5.78 Å². The highest BCUT2D eigenvalue weighted by molar-refractivity contribution is 7.10. The van der Waals surface area contributed by atoms with Crippen LogP contribution in [0.1, 0.15) is 15.2 Å². The summed E-state index contributed by atoms with van der Waals surface area (Å²) < 4.78 is 4.97.